The normalized spacial score (nSPS) is 11.5. The first-order valence-corrected chi connectivity index (χ1v) is 25.0. The van der Waals surface area contributed by atoms with Gasteiger partial charge in [0.25, 0.3) is 0 Å². The molecular weight excluding hydrogens is 901 g/mol. The van der Waals surface area contributed by atoms with Gasteiger partial charge in [-0.1, -0.05) is 224 Å². The molecule has 14 rings (SSSR count). The van der Waals surface area contributed by atoms with Gasteiger partial charge in [-0.3, -0.25) is 4.57 Å². The van der Waals surface area contributed by atoms with Crippen molar-refractivity contribution in [2.75, 3.05) is 0 Å². The Morgan fingerprint density at radius 2 is 0.541 bits per heavy atom. The van der Waals surface area contributed by atoms with Crippen LogP contribution in [0.2, 0.25) is 0 Å². The summed E-state index contributed by atoms with van der Waals surface area (Å²) in [5.74, 6) is 1.78. The number of para-hydroxylation sites is 4. The molecule has 6 nitrogen and oxygen atoms in total. The van der Waals surface area contributed by atoms with Crippen molar-refractivity contribution < 1.29 is 0 Å². The number of aromatic nitrogens is 6. The van der Waals surface area contributed by atoms with Gasteiger partial charge in [0, 0.05) is 43.8 Å². The molecule has 14 aromatic rings. The Morgan fingerprint density at radius 1 is 0.216 bits per heavy atom. The number of fused-ring (bicyclic) bond motifs is 6. The first-order chi connectivity index (χ1) is 36.7. The molecule has 0 bridgehead atoms. The number of hydrogen-bond donors (Lipinski definition) is 0. The van der Waals surface area contributed by atoms with Crippen molar-refractivity contribution in [3.05, 3.63) is 267 Å². The summed E-state index contributed by atoms with van der Waals surface area (Å²) in [6, 6.07) is 94.1. The van der Waals surface area contributed by atoms with Crippen molar-refractivity contribution in [1.82, 2.24) is 29.1 Å². The van der Waals surface area contributed by atoms with Crippen molar-refractivity contribution >= 4 is 43.6 Å². The zero-order valence-corrected chi connectivity index (χ0v) is 40.1. The molecule has 6 heteroatoms. The van der Waals surface area contributed by atoms with Crippen LogP contribution in [-0.2, 0) is 0 Å². The highest BCUT2D eigenvalue weighted by atomic mass is 15.2. The molecule has 74 heavy (non-hydrogen) atoms. The zero-order valence-electron chi connectivity index (χ0n) is 40.1. The average Bonchev–Trinajstić information content (AvgIpc) is 4.01. The van der Waals surface area contributed by atoms with Crippen LogP contribution >= 0.6 is 0 Å². The van der Waals surface area contributed by atoms with Crippen LogP contribution < -0.4 is 0 Å². The summed E-state index contributed by atoms with van der Waals surface area (Å²) < 4.78 is 4.53. The molecule has 0 N–H and O–H groups in total. The Hall–Kier alpha value is -10.0. The second-order valence-electron chi connectivity index (χ2n) is 18.7. The molecule has 0 saturated carbocycles. The van der Waals surface area contributed by atoms with Gasteiger partial charge in [0.15, 0.2) is 11.6 Å². The lowest BCUT2D eigenvalue weighted by Gasteiger charge is -2.13. The average molecular weight is 945 g/mol. The lowest BCUT2D eigenvalue weighted by molar-refractivity contribution is 0.953. The van der Waals surface area contributed by atoms with E-state index in [0.717, 1.165) is 94.5 Å². The predicted molar refractivity (Wildman–Crippen MR) is 304 cm³/mol. The lowest BCUT2D eigenvalue weighted by atomic mass is 9.97. The molecule has 346 valence electrons. The molecule has 0 amide bonds. The second kappa shape index (κ2) is 18.0. The summed E-state index contributed by atoms with van der Waals surface area (Å²) in [6.07, 6.45) is 0. The number of hydrogen-bond acceptors (Lipinski definition) is 4. The van der Waals surface area contributed by atoms with Crippen LogP contribution in [-0.4, -0.2) is 29.1 Å². The van der Waals surface area contributed by atoms with Crippen LogP contribution in [0.15, 0.2) is 267 Å². The van der Waals surface area contributed by atoms with Gasteiger partial charge in [-0.15, -0.1) is 0 Å². The fraction of sp³-hybridized carbons (Fsp3) is 0. The molecule has 0 radical (unpaired) electrons. The molecule has 0 spiro atoms. The van der Waals surface area contributed by atoms with Crippen LogP contribution in [0.4, 0.5) is 0 Å². The van der Waals surface area contributed by atoms with Gasteiger partial charge in [0.05, 0.1) is 39.1 Å². The van der Waals surface area contributed by atoms with Crippen molar-refractivity contribution in [2.45, 2.75) is 0 Å². The van der Waals surface area contributed by atoms with Crippen LogP contribution in [0.5, 0.6) is 0 Å². The summed E-state index contributed by atoms with van der Waals surface area (Å²) in [5.41, 5.74) is 18.0. The standard InChI is InChI=1S/C68H44N6/c1-3-16-45(17-4-1)46-32-38-51(39-33-46)66-70-67(72-68(71-66)74-64-28-13-9-24-58(64)59-25-10-14-29-65(59)74)52-40-34-48(35-41-52)54-21-15-20-53(42-54)47-30-36-50(37-31-47)61-44-55(43-60(69-61)49-18-5-2-6-19-49)73-62-26-11-7-22-56(62)57-23-8-12-27-63(57)73/h1-44H. The first-order valence-electron chi connectivity index (χ1n) is 25.0. The second-order valence-corrected chi connectivity index (χ2v) is 18.7. The van der Waals surface area contributed by atoms with Crippen molar-refractivity contribution in [2.24, 2.45) is 0 Å². The molecule has 0 saturated heterocycles. The van der Waals surface area contributed by atoms with Gasteiger partial charge in [-0.05, 0) is 75.8 Å². The molecule has 4 aromatic heterocycles. The molecule has 4 heterocycles. The van der Waals surface area contributed by atoms with E-state index < -0.39 is 0 Å². The topological polar surface area (TPSA) is 61.4 Å². The van der Waals surface area contributed by atoms with Crippen LogP contribution in [0, 0.1) is 0 Å². The van der Waals surface area contributed by atoms with E-state index in [2.05, 4.69) is 264 Å². The van der Waals surface area contributed by atoms with Gasteiger partial charge in [0.2, 0.25) is 5.95 Å². The van der Waals surface area contributed by atoms with Gasteiger partial charge >= 0.3 is 0 Å². The lowest BCUT2D eigenvalue weighted by Crippen LogP contribution is -2.06. The van der Waals surface area contributed by atoms with E-state index in [0.29, 0.717) is 17.6 Å². The minimum absolute atomic E-state index is 0.570. The highest BCUT2D eigenvalue weighted by molar-refractivity contribution is 6.10. The summed E-state index contributed by atoms with van der Waals surface area (Å²) in [4.78, 5) is 20.8. The Kier molecular flexibility index (Phi) is 10.4. The van der Waals surface area contributed by atoms with Crippen molar-refractivity contribution in [3.8, 4) is 90.3 Å². The van der Waals surface area contributed by atoms with E-state index in [9.17, 15) is 0 Å². The molecule has 0 aliphatic carbocycles. The van der Waals surface area contributed by atoms with E-state index in [-0.39, 0.29) is 0 Å². The molecule has 0 atom stereocenters. The summed E-state index contributed by atoms with van der Waals surface area (Å²) in [6.45, 7) is 0. The van der Waals surface area contributed by atoms with Gasteiger partial charge in [0.1, 0.15) is 0 Å². The molecule has 10 aromatic carbocycles. The number of rotatable bonds is 9. The summed E-state index contributed by atoms with van der Waals surface area (Å²) in [7, 11) is 0. The van der Waals surface area contributed by atoms with Gasteiger partial charge in [-0.2, -0.15) is 9.97 Å². The summed E-state index contributed by atoms with van der Waals surface area (Å²) in [5, 5.41) is 4.76. The third-order valence-corrected chi connectivity index (χ3v) is 14.2. The highest BCUT2D eigenvalue weighted by Gasteiger charge is 2.19. The van der Waals surface area contributed by atoms with Crippen molar-refractivity contribution in [3.63, 3.8) is 0 Å². The van der Waals surface area contributed by atoms with E-state index in [1.165, 1.54) is 21.8 Å². The maximum absolute atomic E-state index is 5.28. The molecular formula is C68H44N6. The third-order valence-electron chi connectivity index (χ3n) is 14.2. The molecule has 0 aliphatic heterocycles. The van der Waals surface area contributed by atoms with E-state index in [1.807, 2.05) is 12.1 Å². The maximum Gasteiger partial charge on any atom is 0.238 e. The number of pyridine rings is 1. The van der Waals surface area contributed by atoms with Crippen LogP contribution in [0.3, 0.4) is 0 Å². The van der Waals surface area contributed by atoms with Crippen LogP contribution in [0.1, 0.15) is 0 Å². The van der Waals surface area contributed by atoms with Gasteiger partial charge in [-0.25, -0.2) is 9.97 Å². The third kappa shape index (κ3) is 7.61. The minimum atomic E-state index is 0.570. The Balaban J connectivity index is 0.801. The largest absolute Gasteiger partial charge is 0.309 e. The monoisotopic (exact) mass is 944 g/mol. The highest BCUT2D eigenvalue weighted by Crippen LogP contribution is 2.37. The predicted octanol–water partition coefficient (Wildman–Crippen LogP) is 17.1. The fourth-order valence-electron chi connectivity index (χ4n) is 10.6. The Bertz CT molecular complexity index is 4280. The molecule has 0 unspecified atom stereocenters. The fourth-order valence-corrected chi connectivity index (χ4v) is 10.6. The number of nitrogens with zero attached hydrogens (tertiary/aromatic N) is 6. The minimum Gasteiger partial charge on any atom is -0.309 e. The quantitative estimate of drug-likeness (QED) is 0.145. The van der Waals surface area contributed by atoms with Crippen LogP contribution in [0.25, 0.3) is 134 Å². The molecule has 0 aliphatic rings. The zero-order chi connectivity index (χ0) is 49.0. The van der Waals surface area contributed by atoms with Crippen molar-refractivity contribution in [1.29, 1.82) is 0 Å². The molecule has 0 fully saturated rings. The Morgan fingerprint density at radius 3 is 1.00 bits per heavy atom. The number of benzene rings is 10. The van der Waals surface area contributed by atoms with E-state index in [1.54, 1.807) is 0 Å². The SMILES string of the molecule is c1ccc(-c2ccc(-c3nc(-c4ccc(-c5cccc(-c6ccc(-c7cc(-n8c9ccccc9c9ccccc98)cc(-c8ccccc8)n7)cc6)c5)cc4)nc(-n4c5ccccc5c5ccccc54)n3)cc2)cc1. The maximum atomic E-state index is 5.28. The van der Waals surface area contributed by atoms with Gasteiger partial charge < -0.3 is 4.57 Å². The smallest absolute Gasteiger partial charge is 0.238 e. The Labute approximate surface area is 427 Å². The summed E-state index contributed by atoms with van der Waals surface area (Å²) >= 11 is 0. The first kappa shape index (κ1) is 42.8. The van der Waals surface area contributed by atoms with E-state index >= 15 is 0 Å². The van der Waals surface area contributed by atoms with E-state index in [4.69, 9.17) is 19.9 Å².